The third kappa shape index (κ3) is 5.45. The van der Waals surface area contributed by atoms with Gasteiger partial charge >= 0.3 is 0 Å². The van der Waals surface area contributed by atoms with Gasteiger partial charge in [-0.05, 0) is 43.9 Å². The van der Waals surface area contributed by atoms with Crippen LogP contribution in [0.1, 0.15) is 50.2 Å². The normalized spacial score (nSPS) is 23.0. The maximum absolute atomic E-state index is 14.9. The Morgan fingerprint density at radius 2 is 1.85 bits per heavy atom. The Hall–Kier alpha value is -3.78. The smallest absolute Gasteiger partial charge is 0.229 e. The van der Waals surface area contributed by atoms with Crippen molar-refractivity contribution in [2.24, 2.45) is 5.92 Å². The molecular formula is C30H31F2N5O3S. The molecule has 2 aliphatic carbocycles. The van der Waals surface area contributed by atoms with Crippen LogP contribution < -0.4 is 10.2 Å². The highest BCUT2D eigenvalue weighted by Gasteiger charge is 2.47. The second-order valence-corrected chi connectivity index (χ2v) is 13.7. The Labute approximate surface area is 237 Å². The molecule has 1 saturated heterocycles. The predicted octanol–water partition coefficient (Wildman–Crippen LogP) is 5.60. The zero-order valence-corrected chi connectivity index (χ0v) is 23.3. The van der Waals surface area contributed by atoms with Crippen LogP contribution in [0.5, 0.6) is 0 Å². The van der Waals surface area contributed by atoms with Crippen LogP contribution in [0.15, 0.2) is 46.9 Å². The number of nitrogens with zero attached hydrogens (tertiary/aromatic N) is 3. The lowest BCUT2D eigenvalue weighted by Gasteiger charge is -2.32. The fraction of sp³-hybridized carbons (Fsp3) is 0.433. The maximum Gasteiger partial charge on any atom is 0.229 e. The molecular weight excluding hydrogens is 548 g/mol. The van der Waals surface area contributed by atoms with E-state index in [9.17, 15) is 23.0 Å². The highest BCUT2D eigenvalue weighted by atomic mass is 32.2. The second kappa shape index (κ2) is 10.6. The summed E-state index contributed by atoms with van der Waals surface area (Å²) in [6, 6.07) is 13.0. The van der Waals surface area contributed by atoms with Gasteiger partial charge < -0.3 is 14.6 Å². The Morgan fingerprint density at radius 3 is 2.56 bits per heavy atom. The van der Waals surface area contributed by atoms with E-state index in [1.807, 2.05) is 24.3 Å². The first kappa shape index (κ1) is 27.4. The van der Waals surface area contributed by atoms with Crippen molar-refractivity contribution in [1.82, 2.24) is 10.3 Å². The Morgan fingerprint density at radius 1 is 1.12 bits per heavy atom. The standard InChI is InChI=1S/C30H31F2N5O3S/c31-19-9-10-22(24(32)17-19)29-35-26(23-7-3-4-8-25(23)37-13-15-41(34,39)16-14-37)27(40-29)20-5-1-2-6-21(20)28(38)36-30(18-33)11-12-30/h3-4,7-10,17,20-21,34H,1-2,5-6,11-16H2,(H,36,38)/t20-,21-/m1/s1. The number of hydrogen-bond acceptors (Lipinski definition) is 7. The quantitative estimate of drug-likeness (QED) is 0.392. The number of para-hydroxylation sites is 1. The number of anilines is 1. The number of nitrogens with one attached hydrogen (secondary N) is 2. The molecule has 2 heterocycles. The molecule has 0 radical (unpaired) electrons. The van der Waals surface area contributed by atoms with Gasteiger partial charge in [-0.3, -0.25) is 9.57 Å². The number of aromatic nitrogens is 1. The summed E-state index contributed by atoms with van der Waals surface area (Å²) in [5.74, 6) is -1.57. The highest BCUT2D eigenvalue weighted by molar-refractivity contribution is 7.92. The summed E-state index contributed by atoms with van der Waals surface area (Å²) < 4.78 is 55.3. The molecule has 41 heavy (non-hydrogen) atoms. The van der Waals surface area contributed by atoms with Gasteiger partial charge in [0.15, 0.2) is 0 Å². The van der Waals surface area contributed by atoms with Gasteiger partial charge in [-0.1, -0.05) is 31.0 Å². The number of hydrogen-bond donors (Lipinski definition) is 2. The van der Waals surface area contributed by atoms with E-state index >= 15 is 0 Å². The van der Waals surface area contributed by atoms with E-state index in [2.05, 4.69) is 16.3 Å². The SMILES string of the molecule is N#CC1(NC(=O)[C@@H]2CCCC[C@H]2c2oc(-c3ccc(F)cc3F)nc2-c2ccccc2N2CCS(=N)(=O)CC2)CC1. The zero-order valence-electron chi connectivity index (χ0n) is 22.5. The molecule has 2 atom stereocenters. The number of benzene rings is 2. The number of amides is 1. The van der Waals surface area contributed by atoms with E-state index in [1.54, 1.807) is 0 Å². The molecule has 3 aromatic rings. The van der Waals surface area contributed by atoms with Crippen molar-refractivity contribution in [3.05, 3.63) is 59.9 Å². The van der Waals surface area contributed by atoms with Crippen LogP contribution >= 0.6 is 0 Å². The van der Waals surface area contributed by atoms with Gasteiger partial charge in [0.25, 0.3) is 0 Å². The minimum atomic E-state index is -2.61. The second-order valence-electron chi connectivity index (χ2n) is 11.3. The highest BCUT2D eigenvalue weighted by Crippen LogP contribution is 2.46. The molecule has 214 valence electrons. The molecule has 2 aromatic carbocycles. The summed E-state index contributed by atoms with van der Waals surface area (Å²) in [4.78, 5) is 20.3. The average Bonchev–Trinajstić information content (AvgIpc) is 3.60. The van der Waals surface area contributed by atoms with E-state index in [0.29, 0.717) is 50.2 Å². The minimum absolute atomic E-state index is 0.00413. The molecule has 0 unspecified atom stereocenters. The monoisotopic (exact) mass is 579 g/mol. The first-order valence-electron chi connectivity index (χ1n) is 14.0. The molecule has 3 fully saturated rings. The van der Waals surface area contributed by atoms with Gasteiger partial charge in [0.2, 0.25) is 11.8 Å². The third-order valence-corrected chi connectivity index (χ3v) is 10.1. The van der Waals surface area contributed by atoms with Crippen LogP contribution in [-0.2, 0) is 14.5 Å². The molecule has 2 N–H and O–H groups in total. The van der Waals surface area contributed by atoms with Crippen molar-refractivity contribution in [2.45, 2.75) is 50.0 Å². The lowest BCUT2D eigenvalue weighted by molar-refractivity contribution is -0.127. The minimum Gasteiger partial charge on any atom is -0.440 e. The first-order valence-corrected chi connectivity index (χ1v) is 15.9. The Balaban J connectivity index is 1.45. The number of rotatable bonds is 6. The van der Waals surface area contributed by atoms with Gasteiger partial charge in [-0.2, -0.15) is 5.26 Å². The molecule has 8 nitrogen and oxygen atoms in total. The molecule has 11 heteroatoms. The fourth-order valence-corrected chi connectivity index (χ4v) is 7.19. The summed E-state index contributed by atoms with van der Waals surface area (Å²) in [5.41, 5.74) is 1.23. The molecule has 0 bridgehead atoms. The molecule has 1 aliphatic heterocycles. The molecule has 2 saturated carbocycles. The van der Waals surface area contributed by atoms with Gasteiger partial charge in [0.05, 0.1) is 11.6 Å². The molecule has 3 aliphatic rings. The molecule has 1 aromatic heterocycles. The van der Waals surface area contributed by atoms with Crippen molar-refractivity contribution >= 4 is 21.3 Å². The van der Waals surface area contributed by atoms with Crippen molar-refractivity contribution in [3.8, 4) is 28.8 Å². The summed E-state index contributed by atoms with van der Waals surface area (Å²) in [5, 5.41) is 12.5. The number of carbonyl (C=O) groups excluding carboxylic acids is 1. The number of oxazole rings is 1. The maximum atomic E-state index is 14.9. The Kier molecular flexibility index (Phi) is 7.06. The summed E-state index contributed by atoms with van der Waals surface area (Å²) >= 11 is 0. The van der Waals surface area contributed by atoms with Crippen LogP contribution in [0.3, 0.4) is 0 Å². The van der Waals surface area contributed by atoms with E-state index in [4.69, 9.17) is 14.2 Å². The largest absolute Gasteiger partial charge is 0.440 e. The van der Waals surface area contributed by atoms with Crippen molar-refractivity contribution < 1.29 is 22.2 Å². The van der Waals surface area contributed by atoms with E-state index in [1.165, 1.54) is 6.07 Å². The topological polar surface area (TPSA) is 123 Å². The molecule has 0 spiro atoms. The van der Waals surface area contributed by atoms with Crippen LogP contribution in [-0.4, -0.2) is 45.2 Å². The van der Waals surface area contributed by atoms with Crippen molar-refractivity contribution in [1.29, 1.82) is 10.0 Å². The first-order chi connectivity index (χ1) is 19.7. The van der Waals surface area contributed by atoms with Crippen molar-refractivity contribution in [3.63, 3.8) is 0 Å². The lowest BCUT2D eigenvalue weighted by atomic mass is 9.76. The summed E-state index contributed by atoms with van der Waals surface area (Å²) in [6.07, 6.45) is 4.24. The predicted molar refractivity (Wildman–Crippen MR) is 151 cm³/mol. The van der Waals surface area contributed by atoms with Crippen LogP contribution in [0.25, 0.3) is 22.7 Å². The number of halogens is 2. The van der Waals surface area contributed by atoms with Crippen LogP contribution in [0.2, 0.25) is 0 Å². The lowest BCUT2D eigenvalue weighted by Crippen LogP contribution is -2.42. The molecule has 6 rings (SSSR count). The average molecular weight is 580 g/mol. The Bertz CT molecular complexity index is 1630. The zero-order chi connectivity index (χ0) is 28.8. The van der Waals surface area contributed by atoms with Gasteiger partial charge in [-0.15, -0.1) is 0 Å². The van der Waals surface area contributed by atoms with E-state index in [0.717, 1.165) is 36.2 Å². The van der Waals surface area contributed by atoms with Gasteiger partial charge in [0, 0.05) is 63.5 Å². The number of carbonyl (C=O) groups is 1. The van der Waals surface area contributed by atoms with Crippen molar-refractivity contribution in [2.75, 3.05) is 29.5 Å². The summed E-state index contributed by atoms with van der Waals surface area (Å²) in [6.45, 7) is 0.882. The third-order valence-electron chi connectivity index (χ3n) is 8.46. The number of nitriles is 1. The fourth-order valence-electron chi connectivity index (χ4n) is 5.95. The van der Waals surface area contributed by atoms with E-state index < -0.39 is 32.8 Å². The van der Waals surface area contributed by atoms with E-state index in [-0.39, 0.29) is 34.8 Å². The van der Waals surface area contributed by atoms with Crippen LogP contribution in [0.4, 0.5) is 14.5 Å². The van der Waals surface area contributed by atoms with Gasteiger partial charge in [0.1, 0.15) is 28.6 Å². The summed E-state index contributed by atoms with van der Waals surface area (Å²) in [7, 11) is -2.61. The van der Waals surface area contributed by atoms with Gasteiger partial charge in [-0.25, -0.2) is 18.0 Å². The van der Waals surface area contributed by atoms with Crippen LogP contribution in [0, 0.1) is 33.7 Å². The molecule has 1 amide bonds.